The summed E-state index contributed by atoms with van der Waals surface area (Å²) in [7, 11) is 0. The smallest absolute Gasteiger partial charge is 0.241 e. The fourth-order valence-electron chi connectivity index (χ4n) is 0.959. The second-order valence-electron chi connectivity index (χ2n) is 2.97. The predicted molar refractivity (Wildman–Crippen MR) is 43.3 cm³/mol. The van der Waals surface area contributed by atoms with E-state index in [2.05, 4.69) is 0 Å². The van der Waals surface area contributed by atoms with Gasteiger partial charge in [0.15, 0.2) is 0 Å². The first-order valence-electron chi connectivity index (χ1n) is 3.57. The number of nitro groups is 1. The van der Waals surface area contributed by atoms with Gasteiger partial charge in [-0.15, -0.1) is 0 Å². The second-order valence-corrected chi connectivity index (χ2v) is 2.97. The van der Waals surface area contributed by atoms with Crippen molar-refractivity contribution in [3.63, 3.8) is 0 Å². The molecule has 4 nitrogen and oxygen atoms in total. The zero-order valence-corrected chi connectivity index (χ0v) is 6.69. The lowest BCUT2D eigenvalue weighted by molar-refractivity contribution is -0.549. The standard InChI is InChI=1S/C8H9NO3/c1-8(9(11)12)4-2-7(6-10)3-5-8/h2-4,6H,5H2,1H3. The molecule has 12 heavy (non-hydrogen) atoms. The van der Waals surface area contributed by atoms with E-state index in [4.69, 9.17) is 0 Å². The van der Waals surface area contributed by atoms with Crippen LogP contribution in [0.15, 0.2) is 23.8 Å². The molecule has 0 saturated carbocycles. The van der Waals surface area contributed by atoms with E-state index in [-0.39, 0.29) is 11.3 Å². The Morgan fingerprint density at radius 1 is 1.75 bits per heavy atom. The van der Waals surface area contributed by atoms with Crippen molar-refractivity contribution in [2.75, 3.05) is 0 Å². The molecule has 0 aromatic rings. The molecule has 1 rings (SSSR count). The van der Waals surface area contributed by atoms with E-state index in [0.29, 0.717) is 11.9 Å². The van der Waals surface area contributed by atoms with Crippen LogP contribution in [0, 0.1) is 10.1 Å². The van der Waals surface area contributed by atoms with Gasteiger partial charge in [-0.25, -0.2) is 0 Å². The molecule has 0 radical (unpaired) electrons. The van der Waals surface area contributed by atoms with E-state index in [1.807, 2.05) is 0 Å². The number of rotatable bonds is 2. The van der Waals surface area contributed by atoms with Crippen LogP contribution in [0.25, 0.3) is 0 Å². The Morgan fingerprint density at radius 3 is 2.75 bits per heavy atom. The van der Waals surface area contributed by atoms with Gasteiger partial charge in [-0.1, -0.05) is 6.08 Å². The average Bonchev–Trinajstić information content (AvgIpc) is 2.06. The molecule has 0 spiro atoms. The number of hydrogen-bond donors (Lipinski definition) is 0. The Labute approximate surface area is 69.7 Å². The summed E-state index contributed by atoms with van der Waals surface area (Å²) in [5.41, 5.74) is -0.527. The Kier molecular flexibility index (Phi) is 2.08. The van der Waals surface area contributed by atoms with Gasteiger partial charge >= 0.3 is 0 Å². The molecule has 0 amide bonds. The summed E-state index contributed by atoms with van der Waals surface area (Å²) in [6, 6.07) is 0. The third-order valence-electron chi connectivity index (χ3n) is 1.94. The largest absolute Gasteiger partial charge is 0.298 e. The van der Waals surface area contributed by atoms with Crippen LogP contribution >= 0.6 is 0 Å². The van der Waals surface area contributed by atoms with E-state index >= 15 is 0 Å². The summed E-state index contributed by atoms with van der Waals surface area (Å²) in [5.74, 6) is 0. The van der Waals surface area contributed by atoms with Gasteiger partial charge in [0, 0.05) is 23.8 Å². The van der Waals surface area contributed by atoms with Gasteiger partial charge in [0.1, 0.15) is 6.29 Å². The third kappa shape index (κ3) is 1.42. The van der Waals surface area contributed by atoms with Crippen molar-refractivity contribution in [3.8, 4) is 0 Å². The summed E-state index contributed by atoms with van der Waals surface area (Å²) in [4.78, 5) is 20.4. The van der Waals surface area contributed by atoms with Crippen molar-refractivity contribution in [1.29, 1.82) is 0 Å². The Morgan fingerprint density at radius 2 is 2.42 bits per heavy atom. The van der Waals surface area contributed by atoms with Crippen LogP contribution in [0.2, 0.25) is 0 Å². The highest BCUT2D eigenvalue weighted by atomic mass is 16.6. The zero-order valence-electron chi connectivity index (χ0n) is 6.69. The SMILES string of the molecule is CC1([N+](=O)[O-])C=CC(C=O)=CC1. The van der Waals surface area contributed by atoms with Gasteiger partial charge in [-0.2, -0.15) is 0 Å². The van der Waals surface area contributed by atoms with Crippen LogP contribution in [0.3, 0.4) is 0 Å². The van der Waals surface area contributed by atoms with E-state index in [0.717, 1.165) is 0 Å². The molecule has 0 aliphatic heterocycles. The molecule has 1 aliphatic carbocycles. The van der Waals surface area contributed by atoms with Crippen LogP contribution in [0.5, 0.6) is 0 Å². The lowest BCUT2D eigenvalue weighted by atomic mass is 9.92. The van der Waals surface area contributed by atoms with E-state index in [9.17, 15) is 14.9 Å². The number of nitrogens with zero attached hydrogens (tertiary/aromatic N) is 1. The topological polar surface area (TPSA) is 60.2 Å². The molecule has 4 heteroatoms. The van der Waals surface area contributed by atoms with E-state index < -0.39 is 5.54 Å². The van der Waals surface area contributed by atoms with Gasteiger partial charge in [0.25, 0.3) is 0 Å². The summed E-state index contributed by atoms with van der Waals surface area (Å²) >= 11 is 0. The minimum atomic E-state index is -1.04. The number of hydrogen-bond acceptors (Lipinski definition) is 3. The molecule has 1 aliphatic rings. The maximum Gasteiger partial charge on any atom is 0.241 e. The molecule has 0 fully saturated rings. The summed E-state index contributed by atoms with van der Waals surface area (Å²) in [5, 5.41) is 10.5. The number of aldehydes is 1. The molecule has 0 N–H and O–H groups in total. The van der Waals surface area contributed by atoms with Crippen molar-refractivity contribution >= 4 is 6.29 Å². The molecule has 0 bridgehead atoms. The summed E-state index contributed by atoms with van der Waals surface area (Å²) in [6.45, 7) is 1.53. The summed E-state index contributed by atoms with van der Waals surface area (Å²) < 4.78 is 0. The lowest BCUT2D eigenvalue weighted by Crippen LogP contribution is -2.33. The Hall–Kier alpha value is -1.45. The molecule has 1 atom stereocenters. The first-order valence-corrected chi connectivity index (χ1v) is 3.57. The van der Waals surface area contributed by atoms with Crippen LogP contribution < -0.4 is 0 Å². The van der Waals surface area contributed by atoms with Crippen LogP contribution in [0.4, 0.5) is 0 Å². The maximum absolute atomic E-state index is 10.5. The second kappa shape index (κ2) is 2.89. The molecule has 0 saturated heterocycles. The van der Waals surface area contributed by atoms with Crippen molar-refractivity contribution in [3.05, 3.63) is 33.9 Å². The number of carbonyl (C=O) groups is 1. The van der Waals surface area contributed by atoms with Crippen molar-refractivity contribution in [2.45, 2.75) is 18.9 Å². The normalized spacial score (nSPS) is 27.9. The van der Waals surface area contributed by atoms with Gasteiger partial charge in [0.05, 0.1) is 0 Å². The quantitative estimate of drug-likeness (QED) is 0.351. The van der Waals surface area contributed by atoms with Gasteiger partial charge in [-0.3, -0.25) is 14.9 Å². The highest BCUT2D eigenvalue weighted by Gasteiger charge is 2.34. The first kappa shape index (κ1) is 8.64. The minimum Gasteiger partial charge on any atom is -0.298 e. The zero-order chi connectivity index (χ0) is 9.19. The number of carbonyl (C=O) groups excluding carboxylic acids is 1. The van der Waals surface area contributed by atoms with Gasteiger partial charge in [0.2, 0.25) is 5.54 Å². The van der Waals surface area contributed by atoms with Crippen LogP contribution in [-0.4, -0.2) is 16.7 Å². The average molecular weight is 167 g/mol. The number of allylic oxidation sites excluding steroid dienone is 2. The molecule has 64 valence electrons. The highest BCUT2D eigenvalue weighted by molar-refractivity contribution is 5.78. The van der Waals surface area contributed by atoms with Crippen molar-refractivity contribution < 1.29 is 9.72 Å². The van der Waals surface area contributed by atoms with Crippen molar-refractivity contribution in [2.24, 2.45) is 0 Å². The minimum absolute atomic E-state index is 0.282. The van der Waals surface area contributed by atoms with Crippen LogP contribution in [0.1, 0.15) is 13.3 Å². The van der Waals surface area contributed by atoms with Gasteiger partial charge < -0.3 is 0 Å². The molecular weight excluding hydrogens is 158 g/mol. The van der Waals surface area contributed by atoms with E-state index in [1.165, 1.54) is 19.1 Å². The molecule has 0 aromatic heterocycles. The van der Waals surface area contributed by atoms with Crippen molar-refractivity contribution in [1.82, 2.24) is 0 Å². The Balaban J connectivity index is 2.83. The summed E-state index contributed by atoms with van der Waals surface area (Å²) in [6.07, 6.45) is 5.49. The monoisotopic (exact) mass is 167 g/mol. The van der Waals surface area contributed by atoms with Gasteiger partial charge in [-0.05, 0) is 12.2 Å². The molecular formula is C8H9NO3. The Bertz CT molecular complexity index is 280. The maximum atomic E-state index is 10.5. The first-order chi connectivity index (χ1) is 5.58. The molecule has 1 unspecified atom stereocenters. The lowest BCUT2D eigenvalue weighted by Gasteiger charge is -2.17. The fourth-order valence-corrected chi connectivity index (χ4v) is 0.959. The fraction of sp³-hybridized carbons (Fsp3) is 0.375. The molecule has 0 aromatic carbocycles. The molecule has 0 heterocycles. The highest BCUT2D eigenvalue weighted by Crippen LogP contribution is 2.22. The third-order valence-corrected chi connectivity index (χ3v) is 1.94. The predicted octanol–water partition coefficient (Wildman–Crippen LogP) is 1.11. The van der Waals surface area contributed by atoms with E-state index in [1.54, 1.807) is 6.08 Å². The van der Waals surface area contributed by atoms with Crippen LogP contribution in [-0.2, 0) is 4.79 Å².